The third-order valence-corrected chi connectivity index (χ3v) is 1.78. The van der Waals surface area contributed by atoms with Crippen LogP contribution in [0.5, 0.6) is 6.01 Å². The Hall–Kier alpha value is -2.71. The van der Waals surface area contributed by atoms with Crippen LogP contribution >= 0.6 is 0 Å². The smallest absolute Gasteiger partial charge is 0.336 e. The number of aromatic amines is 2. The summed E-state index contributed by atoms with van der Waals surface area (Å²) in [5.74, 6) is -0.403. The van der Waals surface area contributed by atoms with Gasteiger partial charge in [0.15, 0.2) is 0 Å². The van der Waals surface area contributed by atoms with Gasteiger partial charge in [0.1, 0.15) is 5.69 Å². The van der Waals surface area contributed by atoms with E-state index in [-0.39, 0.29) is 23.2 Å². The van der Waals surface area contributed by atoms with E-state index in [4.69, 9.17) is 4.74 Å². The van der Waals surface area contributed by atoms with Gasteiger partial charge in [-0.2, -0.15) is 4.98 Å². The highest BCUT2D eigenvalue weighted by atomic mass is 16.5. The second-order valence-corrected chi connectivity index (χ2v) is 2.92. The van der Waals surface area contributed by atoms with Gasteiger partial charge in [-0.05, 0) is 0 Å². The fraction of sp³-hybridized carbons (Fsp3) is 0.125. The normalized spacial score (nSPS) is 9.94. The third-order valence-electron chi connectivity index (χ3n) is 1.78. The van der Waals surface area contributed by atoms with Crippen molar-refractivity contribution in [3.8, 4) is 6.01 Å². The Morgan fingerprint density at radius 2 is 2.35 bits per heavy atom. The monoisotopic (exact) mass is 236 g/mol. The molecule has 0 atom stereocenters. The van der Waals surface area contributed by atoms with Crippen molar-refractivity contribution >= 4 is 11.9 Å². The van der Waals surface area contributed by atoms with E-state index in [9.17, 15) is 9.59 Å². The van der Waals surface area contributed by atoms with Crippen molar-refractivity contribution in [1.29, 1.82) is 0 Å². The predicted octanol–water partition coefficient (Wildman–Crippen LogP) is -0.851. The highest BCUT2D eigenvalue weighted by molar-refractivity contribution is 6.01. The van der Waals surface area contributed by atoms with Gasteiger partial charge in [0.05, 0.1) is 13.3 Å². The van der Waals surface area contributed by atoms with E-state index in [1.807, 2.05) is 0 Å². The van der Waals surface area contributed by atoms with E-state index in [0.717, 1.165) is 6.20 Å². The molecule has 3 N–H and O–H groups in total. The number of carbonyl (C=O) groups excluding carboxylic acids is 1. The maximum absolute atomic E-state index is 11.6. The molecule has 2 aromatic rings. The second kappa shape index (κ2) is 4.43. The second-order valence-electron chi connectivity index (χ2n) is 2.92. The molecule has 0 saturated heterocycles. The van der Waals surface area contributed by atoms with E-state index >= 15 is 0 Å². The van der Waals surface area contributed by atoms with E-state index in [1.54, 1.807) is 0 Å². The van der Waals surface area contributed by atoms with Crippen molar-refractivity contribution in [1.82, 2.24) is 25.1 Å². The lowest BCUT2D eigenvalue weighted by Gasteiger charge is -1.98. The number of nitrogens with zero attached hydrogens (tertiary/aromatic N) is 3. The van der Waals surface area contributed by atoms with Gasteiger partial charge in [-0.3, -0.25) is 14.9 Å². The summed E-state index contributed by atoms with van der Waals surface area (Å²) in [6.07, 6.45) is 2.21. The highest BCUT2D eigenvalue weighted by Gasteiger charge is 2.10. The molecule has 0 aromatic carbocycles. The molecular weight excluding hydrogens is 228 g/mol. The largest absolute Gasteiger partial charge is 0.466 e. The molecule has 0 unspecified atom stereocenters. The zero-order valence-electron chi connectivity index (χ0n) is 8.72. The number of hydrogen-bond donors (Lipinski definition) is 3. The van der Waals surface area contributed by atoms with Gasteiger partial charge in [0.25, 0.3) is 11.5 Å². The van der Waals surface area contributed by atoms with Crippen molar-refractivity contribution in [2.45, 2.75) is 0 Å². The summed E-state index contributed by atoms with van der Waals surface area (Å²) >= 11 is 0. The Kier molecular flexibility index (Phi) is 2.81. The van der Waals surface area contributed by atoms with Gasteiger partial charge in [-0.25, -0.2) is 10.1 Å². The number of carbonyl (C=O) groups is 1. The van der Waals surface area contributed by atoms with Crippen molar-refractivity contribution in [2.24, 2.45) is 0 Å². The first-order chi connectivity index (χ1) is 8.19. The molecule has 9 heteroatoms. The van der Waals surface area contributed by atoms with Crippen molar-refractivity contribution in [2.75, 3.05) is 12.4 Å². The molecule has 0 aliphatic heterocycles. The lowest BCUT2D eigenvalue weighted by Crippen LogP contribution is -2.17. The van der Waals surface area contributed by atoms with Gasteiger partial charge < -0.3 is 9.72 Å². The van der Waals surface area contributed by atoms with Gasteiger partial charge in [-0.1, -0.05) is 0 Å². The number of aromatic nitrogens is 5. The number of H-pyrrole nitrogens is 2. The van der Waals surface area contributed by atoms with Crippen LogP contribution in [0.3, 0.4) is 0 Å². The van der Waals surface area contributed by atoms with Crippen LogP contribution in [0, 0.1) is 0 Å². The Morgan fingerprint density at radius 3 is 2.94 bits per heavy atom. The average molecular weight is 236 g/mol. The third kappa shape index (κ3) is 2.45. The first-order valence-corrected chi connectivity index (χ1v) is 4.51. The Balaban J connectivity index is 2.11. The number of rotatable bonds is 3. The molecule has 88 valence electrons. The summed E-state index contributed by atoms with van der Waals surface area (Å²) in [4.78, 5) is 32.1. The number of anilines is 1. The number of amides is 1. The van der Waals surface area contributed by atoms with Crippen LogP contribution in [0.4, 0.5) is 5.95 Å². The topological polar surface area (TPSA) is 126 Å². The molecule has 9 nitrogen and oxygen atoms in total. The number of methoxy groups -OCH3 is 1. The van der Waals surface area contributed by atoms with Crippen molar-refractivity contribution in [3.63, 3.8) is 0 Å². The van der Waals surface area contributed by atoms with Crippen LogP contribution in [0.2, 0.25) is 0 Å². The van der Waals surface area contributed by atoms with Gasteiger partial charge in [0, 0.05) is 6.20 Å². The van der Waals surface area contributed by atoms with Crippen molar-refractivity contribution in [3.05, 3.63) is 28.4 Å². The Morgan fingerprint density at radius 1 is 1.53 bits per heavy atom. The average Bonchev–Trinajstić information content (AvgIpc) is 2.77. The maximum atomic E-state index is 11.6. The summed E-state index contributed by atoms with van der Waals surface area (Å²) in [6.45, 7) is 0. The quantitative estimate of drug-likeness (QED) is 0.637. The maximum Gasteiger partial charge on any atom is 0.336 e. The van der Waals surface area contributed by atoms with Gasteiger partial charge in [-0.15, -0.1) is 5.10 Å². The molecule has 0 spiro atoms. The molecule has 17 heavy (non-hydrogen) atoms. The van der Waals surface area contributed by atoms with Crippen molar-refractivity contribution < 1.29 is 9.53 Å². The van der Waals surface area contributed by atoms with E-state index < -0.39 is 5.91 Å². The van der Waals surface area contributed by atoms with Gasteiger partial charge in [0.2, 0.25) is 5.95 Å². The van der Waals surface area contributed by atoms with E-state index in [2.05, 4.69) is 30.5 Å². The molecule has 2 aromatic heterocycles. The molecule has 2 rings (SSSR count). The summed E-state index contributed by atoms with van der Waals surface area (Å²) < 4.78 is 4.73. The van der Waals surface area contributed by atoms with E-state index in [1.165, 1.54) is 13.3 Å². The van der Waals surface area contributed by atoms with Crippen LogP contribution in [-0.4, -0.2) is 38.2 Å². The Bertz CT molecular complexity index is 568. The fourth-order valence-electron chi connectivity index (χ4n) is 1.03. The van der Waals surface area contributed by atoms with Crippen LogP contribution in [-0.2, 0) is 0 Å². The lowest BCUT2D eigenvalue weighted by atomic mass is 10.4. The minimum absolute atomic E-state index is 0.0555. The molecule has 0 aliphatic carbocycles. The summed E-state index contributed by atoms with van der Waals surface area (Å²) in [5.41, 5.74) is -0.331. The molecule has 0 saturated carbocycles. The van der Waals surface area contributed by atoms with Crippen LogP contribution < -0.4 is 15.6 Å². The standard InChI is InChI=1S/C8H8N6O3/c1-17-8-12-7(13-14-8)11-6(16)4-2-10-5(15)3-9-4/h2-3H,1H3,(H,10,15)(H2,11,12,13,14,16). The highest BCUT2D eigenvalue weighted by Crippen LogP contribution is 2.05. The zero-order valence-corrected chi connectivity index (χ0v) is 8.72. The molecule has 1 amide bonds. The lowest BCUT2D eigenvalue weighted by molar-refractivity contribution is 0.102. The zero-order chi connectivity index (χ0) is 12.3. The van der Waals surface area contributed by atoms with Crippen LogP contribution in [0.1, 0.15) is 10.5 Å². The number of ether oxygens (including phenoxy) is 1. The molecular formula is C8H8N6O3. The molecule has 0 aliphatic rings. The first kappa shape index (κ1) is 10.8. The summed E-state index contributed by atoms with van der Waals surface area (Å²) in [5, 5.41) is 8.49. The summed E-state index contributed by atoms with van der Waals surface area (Å²) in [6, 6.07) is 0.106. The number of hydrogen-bond acceptors (Lipinski definition) is 6. The van der Waals surface area contributed by atoms with E-state index in [0.29, 0.717) is 0 Å². The molecule has 2 heterocycles. The van der Waals surface area contributed by atoms with Gasteiger partial charge >= 0.3 is 6.01 Å². The minimum atomic E-state index is -0.528. The predicted molar refractivity (Wildman–Crippen MR) is 55.7 cm³/mol. The minimum Gasteiger partial charge on any atom is -0.466 e. The van der Waals surface area contributed by atoms with Crippen LogP contribution in [0.25, 0.3) is 0 Å². The Labute approximate surface area is 94.3 Å². The first-order valence-electron chi connectivity index (χ1n) is 4.51. The number of nitrogens with one attached hydrogen (secondary N) is 3. The fourth-order valence-corrected chi connectivity index (χ4v) is 1.03. The molecule has 0 bridgehead atoms. The molecule has 0 radical (unpaired) electrons. The van der Waals surface area contributed by atoms with Crippen LogP contribution in [0.15, 0.2) is 17.2 Å². The molecule has 0 fully saturated rings. The SMILES string of the molecule is COc1n[nH]c(NC(=O)c2c[nH]c(=O)cn2)n1. The summed E-state index contributed by atoms with van der Waals surface area (Å²) in [7, 11) is 1.40.